The summed E-state index contributed by atoms with van der Waals surface area (Å²) in [4.78, 5) is 18.3. The van der Waals surface area contributed by atoms with Crippen LogP contribution < -0.4 is 14.8 Å². The molecule has 0 radical (unpaired) electrons. The van der Waals surface area contributed by atoms with Crippen LogP contribution in [0.4, 0.5) is 4.79 Å². The van der Waals surface area contributed by atoms with Gasteiger partial charge in [0.25, 0.3) is 0 Å². The Morgan fingerprint density at radius 2 is 1.96 bits per heavy atom. The maximum absolute atomic E-state index is 12.3. The van der Waals surface area contributed by atoms with Crippen molar-refractivity contribution >= 4 is 6.03 Å². The summed E-state index contributed by atoms with van der Waals surface area (Å²) < 4.78 is 16.0. The Balaban J connectivity index is 1.36. The second-order valence-corrected chi connectivity index (χ2v) is 6.53. The number of carbonyl (C=O) groups is 1. The molecular weight excluding hydrogens is 348 g/mol. The highest BCUT2D eigenvalue weighted by Crippen LogP contribution is 2.21. The highest BCUT2D eigenvalue weighted by atomic mass is 16.5. The van der Waals surface area contributed by atoms with E-state index in [1.54, 1.807) is 7.11 Å². The SMILES string of the molecule is CCc1nc(CNC(=O)N2CCC(COc3ccc(OC)cc3)CC2)no1. The third-order valence-electron chi connectivity index (χ3n) is 4.66. The zero-order chi connectivity index (χ0) is 19.1. The predicted molar refractivity (Wildman–Crippen MR) is 98.7 cm³/mol. The fraction of sp³-hybridized carbons (Fsp3) is 0.526. The van der Waals surface area contributed by atoms with Crippen LogP contribution in [0.25, 0.3) is 0 Å². The summed E-state index contributed by atoms with van der Waals surface area (Å²) in [6, 6.07) is 7.49. The average molecular weight is 374 g/mol. The fourth-order valence-corrected chi connectivity index (χ4v) is 2.96. The van der Waals surface area contributed by atoms with Crippen molar-refractivity contribution in [3.8, 4) is 11.5 Å². The summed E-state index contributed by atoms with van der Waals surface area (Å²) >= 11 is 0. The van der Waals surface area contributed by atoms with Crippen LogP contribution in [0.15, 0.2) is 28.8 Å². The first-order valence-corrected chi connectivity index (χ1v) is 9.29. The quantitative estimate of drug-likeness (QED) is 0.801. The monoisotopic (exact) mass is 374 g/mol. The molecule has 8 heteroatoms. The lowest BCUT2D eigenvalue weighted by atomic mass is 9.98. The minimum absolute atomic E-state index is 0.0904. The number of aromatic nitrogens is 2. The molecule has 0 atom stereocenters. The number of hydrogen-bond acceptors (Lipinski definition) is 6. The molecule has 0 aliphatic carbocycles. The van der Waals surface area contributed by atoms with Crippen LogP contribution in [0.2, 0.25) is 0 Å². The Labute approximate surface area is 158 Å². The first kappa shape index (κ1) is 19.0. The summed E-state index contributed by atoms with van der Waals surface area (Å²) in [7, 11) is 1.64. The standard InChI is InChI=1S/C19H26N4O4/c1-3-18-21-17(22-27-18)12-20-19(24)23-10-8-14(9-11-23)13-26-16-6-4-15(25-2)5-7-16/h4-7,14H,3,8-13H2,1-2H3,(H,20,24). The highest BCUT2D eigenvalue weighted by Gasteiger charge is 2.23. The van der Waals surface area contributed by atoms with E-state index in [1.165, 1.54) is 0 Å². The summed E-state index contributed by atoms with van der Waals surface area (Å²) in [5.41, 5.74) is 0. The Kier molecular flexibility index (Phi) is 6.51. The van der Waals surface area contributed by atoms with E-state index in [9.17, 15) is 4.79 Å². The minimum Gasteiger partial charge on any atom is -0.497 e. The molecule has 1 fully saturated rings. The van der Waals surface area contributed by atoms with Gasteiger partial charge in [0.1, 0.15) is 11.5 Å². The topological polar surface area (TPSA) is 89.7 Å². The van der Waals surface area contributed by atoms with Crippen LogP contribution in [0, 0.1) is 5.92 Å². The molecule has 1 aliphatic rings. The van der Waals surface area contributed by atoms with Gasteiger partial charge < -0.3 is 24.2 Å². The lowest BCUT2D eigenvalue weighted by Gasteiger charge is -2.31. The molecule has 1 aromatic carbocycles. The van der Waals surface area contributed by atoms with Crippen molar-refractivity contribution in [2.75, 3.05) is 26.8 Å². The molecular formula is C19H26N4O4. The van der Waals surface area contributed by atoms with E-state index >= 15 is 0 Å². The van der Waals surface area contributed by atoms with Gasteiger partial charge in [-0.25, -0.2) is 4.79 Å². The van der Waals surface area contributed by atoms with Gasteiger partial charge >= 0.3 is 6.03 Å². The van der Waals surface area contributed by atoms with E-state index in [0.717, 1.165) is 37.4 Å². The predicted octanol–water partition coefficient (Wildman–Crippen LogP) is 2.64. The molecule has 1 aromatic heterocycles. The molecule has 0 spiro atoms. The summed E-state index contributed by atoms with van der Waals surface area (Å²) in [5.74, 6) is 3.18. The number of methoxy groups -OCH3 is 1. The summed E-state index contributed by atoms with van der Waals surface area (Å²) in [6.45, 7) is 4.32. The van der Waals surface area contributed by atoms with Crippen molar-refractivity contribution in [1.29, 1.82) is 0 Å². The molecule has 0 bridgehead atoms. The molecule has 1 saturated heterocycles. The number of benzene rings is 1. The molecule has 1 aliphatic heterocycles. The number of amides is 2. The number of ether oxygens (including phenoxy) is 2. The number of nitrogens with zero attached hydrogens (tertiary/aromatic N) is 3. The van der Waals surface area contributed by atoms with Crippen molar-refractivity contribution in [3.05, 3.63) is 36.0 Å². The molecule has 3 rings (SSSR count). The van der Waals surface area contributed by atoms with Crippen LogP contribution >= 0.6 is 0 Å². The molecule has 2 aromatic rings. The second kappa shape index (κ2) is 9.25. The first-order chi connectivity index (χ1) is 13.2. The Bertz CT molecular complexity index is 724. The van der Waals surface area contributed by atoms with Gasteiger partial charge in [-0.2, -0.15) is 4.98 Å². The van der Waals surface area contributed by atoms with Crippen LogP contribution in [-0.2, 0) is 13.0 Å². The van der Waals surface area contributed by atoms with Crippen molar-refractivity contribution in [2.45, 2.75) is 32.7 Å². The smallest absolute Gasteiger partial charge is 0.317 e. The van der Waals surface area contributed by atoms with E-state index in [4.69, 9.17) is 14.0 Å². The maximum Gasteiger partial charge on any atom is 0.317 e. The molecule has 146 valence electrons. The Morgan fingerprint density at radius 3 is 2.59 bits per heavy atom. The largest absolute Gasteiger partial charge is 0.497 e. The van der Waals surface area contributed by atoms with E-state index in [2.05, 4.69) is 15.5 Å². The van der Waals surface area contributed by atoms with Crippen LogP contribution in [-0.4, -0.2) is 47.9 Å². The van der Waals surface area contributed by atoms with Gasteiger partial charge in [-0.1, -0.05) is 12.1 Å². The van der Waals surface area contributed by atoms with E-state index in [-0.39, 0.29) is 12.6 Å². The van der Waals surface area contributed by atoms with Gasteiger partial charge in [0.05, 0.1) is 20.3 Å². The van der Waals surface area contributed by atoms with Crippen LogP contribution in [0.5, 0.6) is 11.5 Å². The van der Waals surface area contributed by atoms with Crippen molar-refractivity contribution in [2.24, 2.45) is 5.92 Å². The molecule has 27 heavy (non-hydrogen) atoms. The number of nitrogens with one attached hydrogen (secondary N) is 1. The van der Waals surface area contributed by atoms with E-state index in [1.807, 2.05) is 36.1 Å². The molecule has 8 nitrogen and oxygen atoms in total. The molecule has 1 N–H and O–H groups in total. The first-order valence-electron chi connectivity index (χ1n) is 9.29. The van der Waals surface area contributed by atoms with Gasteiger partial charge in [0.2, 0.25) is 5.89 Å². The van der Waals surface area contributed by atoms with E-state index in [0.29, 0.717) is 30.7 Å². The molecule has 0 saturated carbocycles. The number of aryl methyl sites for hydroxylation is 1. The number of rotatable bonds is 7. The Hall–Kier alpha value is -2.77. The third kappa shape index (κ3) is 5.35. The van der Waals surface area contributed by atoms with Crippen molar-refractivity contribution < 1.29 is 18.8 Å². The molecule has 2 amide bonds. The lowest BCUT2D eigenvalue weighted by Crippen LogP contribution is -2.45. The van der Waals surface area contributed by atoms with Crippen molar-refractivity contribution in [1.82, 2.24) is 20.4 Å². The maximum atomic E-state index is 12.3. The average Bonchev–Trinajstić information content (AvgIpc) is 3.19. The third-order valence-corrected chi connectivity index (χ3v) is 4.66. The van der Waals surface area contributed by atoms with Gasteiger partial charge in [0.15, 0.2) is 5.82 Å². The number of likely N-dealkylation sites (tertiary alicyclic amines) is 1. The highest BCUT2D eigenvalue weighted by molar-refractivity contribution is 5.74. The Morgan fingerprint density at radius 1 is 1.26 bits per heavy atom. The number of carbonyl (C=O) groups excluding carboxylic acids is 1. The zero-order valence-electron chi connectivity index (χ0n) is 15.8. The minimum atomic E-state index is -0.0904. The number of piperidine rings is 1. The van der Waals surface area contributed by atoms with Crippen LogP contribution in [0.1, 0.15) is 31.5 Å². The number of urea groups is 1. The van der Waals surface area contributed by atoms with E-state index < -0.39 is 0 Å². The normalized spacial score (nSPS) is 14.8. The zero-order valence-corrected chi connectivity index (χ0v) is 15.8. The summed E-state index contributed by atoms with van der Waals surface area (Å²) in [6.07, 6.45) is 2.53. The van der Waals surface area contributed by atoms with Gasteiger partial charge in [-0.05, 0) is 43.0 Å². The van der Waals surface area contributed by atoms with Crippen molar-refractivity contribution in [3.63, 3.8) is 0 Å². The van der Waals surface area contributed by atoms with Crippen LogP contribution in [0.3, 0.4) is 0 Å². The summed E-state index contributed by atoms with van der Waals surface area (Å²) in [5, 5.41) is 6.68. The molecule has 2 heterocycles. The second-order valence-electron chi connectivity index (χ2n) is 6.53. The molecule has 0 unspecified atom stereocenters. The lowest BCUT2D eigenvalue weighted by molar-refractivity contribution is 0.145. The van der Waals surface area contributed by atoms with Gasteiger partial charge in [-0.3, -0.25) is 0 Å². The van der Waals surface area contributed by atoms with Gasteiger partial charge in [0, 0.05) is 19.5 Å². The van der Waals surface area contributed by atoms with Gasteiger partial charge in [-0.15, -0.1) is 0 Å². The number of hydrogen-bond donors (Lipinski definition) is 1. The fourth-order valence-electron chi connectivity index (χ4n) is 2.96.